The summed E-state index contributed by atoms with van der Waals surface area (Å²) >= 11 is 7.55. The van der Waals surface area contributed by atoms with Gasteiger partial charge in [0.2, 0.25) is 0 Å². The topological polar surface area (TPSA) is 102 Å². The molecule has 140 valence electrons. The number of anilines is 1. The van der Waals surface area contributed by atoms with E-state index in [1.807, 2.05) is 35.9 Å². The van der Waals surface area contributed by atoms with Crippen molar-refractivity contribution in [3.05, 3.63) is 35.6 Å². The number of benzene rings is 1. The van der Waals surface area contributed by atoms with Crippen LogP contribution in [0.3, 0.4) is 0 Å². The van der Waals surface area contributed by atoms with Crippen molar-refractivity contribution in [3.63, 3.8) is 0 Å². The van der Waals surface area contributed by atoms with Crippen molar-refractivity contribution in [2.45, 2.75) is 22.9 Å². The van der Waals surface area contributed by atoms with E-state index in [2.05, 4.69) is 15.3 Å². The lowest BCUT2D eigenvalue weighted by Crippen LogP contribution is -2.54. The molecule has 3 heterocycles. The average Bonchev–Trinajstić information content (AvgIpc) is 2.93. The average molecular weight is 404 g/mol. The summed E-state index contributed by atoms with van der Waals surface area (Å²) in [5.41, 5.74) is 6.78. The van der Waals surface area contributed by atoms with Gasteiger partial charge in [-0.1, -0.05) is 29.4 Å². The number of hydrogen-bond donors (Lipinski definition) is 2. The van der Waals surface area contributed by atoms with E-state index in [0.717, 1.165) is 15.3 Å². The molecule has 2 aromatic heterocycles. The van der Waals surface area contributed by atoms with Crippen LogP contribution in [0, 0.1) is 0 Å². The Bertz CT molecular complexity index is 1000. The molecule has 0 spiro atoms. The van der Waals surface area contributed by atoms with Gasteiger partial charge in [0.1, 0.15) is 17.2 Å². The van der Waals surface area contributed by atoms with Crippen molar-refractivity contribution in [2.24, 2.45) is 0 Å². The van der Waals surface area contributed by atoms with Gasteiger partial charge in [-0.05, 0) is 25.1 Å². The lowest BCUT2D eigenvalue weighted by Gasteiger charge is -2.38. The molecule has 1 aliphatic rings. The van der Waals surface area contributed by atoms with Crippen molar-refractivity contribution in [3.8, 4) is 0 Å². The van der Waals surface area contributed by atoms with Crippen LogP contribution in [-0.4, -0.2) is 50.3 Å². The summed E-state index contributed by atoms with van der Waals surface area (Å²) < 4.78 is 1.84. The van der Waals surface area contributed by atoms with Gasteiger partial charge >= 0.3 is 6.03 Å². The fraction of sp³-hybridized carbons (Fsp3) is 0.294. The number of fused-ring (bicyclic) bond motifs is 1. The molecule has 1 saturated heterocycles. The molecule has 3 N–H and O–H groups in total. The first-order valence-electron chi connectivity index (χ1n) is 8.51. The predicted molar refractivity (Wildman–Crippen MR) is 105 cm³/mol. The van der Waals surface area contributed by atoms with Crippen LogP contribution in [0.1, 0.15) is 13.0 Å². The smallest absolute Gasteiger partial charge is 0.317 e. The fourth-order valence-corrected chi connectivity index (χ4v) is 4.21. The first kappa shape index (κ1) is 17.9. The highest BCUT2D eigenvalue weighted by molar-refractivity contribution is 7.99. The molecule has 3 aromatic rings. The zero-order valence-electron chi connectivity index (χ0n) is 14.6. The number of halogens is 1. The second-order valence-corrected chi connectivity index (χ2v) is 7.66. The van der Waals surface area contributed by atoms with E-state index in [9.17, 15) is 4.79 Å². The van der Waals surface area contributed by atoms with Crippen LogP contribution in [0.4, 0.5) is 10.6 Å². The highest BCUT2D eigenvalue weighted by Gasteiger charge is 2.34. The molecule has 0 aliphatic carbocycles. The summed E-state index contributed by atoms with van der Waals surface area (Å²) in [6.07, 6.45) is 1.43. The number of nitrogens with zero attached hydrogens (tertiary/aromatic N) is 5. The van der Waals surface area contributed by atoms with Gasteiger partial charge in [-0.3, -0.25) is 0 Å². The summed E-state index contributed by atoms with van der Waals surface area (Å²) in [7, 11) is 0. The summed E-state index contributed by atoms with van der Waals surface area (Å²) in [6, 6.07) is 7.54. The molecular formula is C17H18ClN7OS. The molecule has 10 heteroatoms. The van der Waals surface area contributed by atoms with Gasteiger partial charge in [-0.25, -0.2) is 19.4 Å². The Balaban J connectivity index is 1.65. The maximum Gasteiger partial charge on any atom is 0.317 e. The second-order valence-electron chi connectivity index (χ2n) is 6.16. The van der Waals surface area contributed by atoms with Gasteiger partial charge in [0.15, 0.2) is 5.65 Å². The van der Waals surface area contributed by atoms with Crippen LogP contribution in [-0.2, 0) is 0 Å². The molecule has 1 aliphatic heterocycles. The van der Waals surface area contributed by atoms with Gasteiger partial charge in [-0.15, -0.1) is 0 Å². The maximum atomic E-state index is 11.9. The van der Waals surface area contributed by atoms with Gasteiger partial charge in [0.25, 0.3) is 0 Å². The van der Waals surface area contributed by atoms with E-state index in [4.69, 9.17) is 22.4 Å². The molecule has 4 rings (SSSR count). The van der Waals surface area contributed by atoms with Crippen molar-refractivity contribution in [1.82, 2.24) is 30.0 Å². The van der Waals surface area contributed by atoms with Crippen LogP contribution in [0.25, 0.3) is 11.0 Å². The standard InChI is InChI=1S/C17H18ClN7OS/c1-2-20-17(26)24-7-11(8-24)25-15-13(14(19)21-9-22-15)16(23-25)27-12-5-3-4-10(18)6-12/h3-6,9,11H,2,7-8H2,1H3,(H,20,26)(H2,19,21,22). The third kappa shape index (κ3) is 3.40. The number of rotatable bonds is 4. The van der Waals surface area contributed by atoms with Gasteiger partial charge < -0.3 is 16.0 Å². The molecular weight excluding hydrogens is 386 g/mol. The summed E-state index contributed by atoms with van der Waals surface area (Å²) in [6.45, 7) is 3.66. The lowest BCUT2D eigenvalue weighted by molar-refractivity contribution is 0.120. The Morgan fingerprint density at radius 3 is 2.96 bits per heavy atom. The Labute approximate surface area is 165 Å². The number of amides is 2. The minimum Gasteiger partial charge on any atom is -0.383 e. The van der Waals surface area contributed by atoms with Crippen molar-refractivity contribution in [2.75, 3.05) is 25.4 Å². The second kappa shape index (κ2) is 7.24. The highest BCUT2D eigenvalue weighted by atomic mass is 35.5. The SMILES string of the molecule is CCNC(=O)N1CC(n2nc(Sc3cccc(Cl)c3)c3c(N)ncnc32)C1. The van der Waals surface area contributed by atoms with E-state index in [1.165, 1.54) is 18.1 Å². The Kier molecular flexibility index (Phi) is 4.79. The van der Waals surface area contributed by atoms with Crippen LogP contribution in [0.2, 0.25) is 5.02 Å². The van der Waals surface area contributed by atoms with Crippen LogP contribution in [0.5, 0.6) is 0 Å². The maximum absolute atomic E-state index is 11.9. The largest absolute Gasteiger partial charge is 0.383 e. The zero-order chi connectivity index (χ0) is 19.0. The third-order valence-corrected chi connectivity index (χ3v) is 5.52. The normalized spacial score (nSPS) is 14.4. The van der Waals surface area contributed by atoms with Crippen LogP contribution in [0.15, 0.2) is 40.5 Å². The summed E-state index contributed by atoms with van der Waals surface area (Å²) in [5.74, 6) is 0.385. The Morgan fingerprint density at radius 1 is 1.41 bits per heavy atom. The van der Waals surface area contributed by atoms with Crippen molar-refractivity contribution < 1.29 is 4.79 Å². The predicted octanol–water partition coefficient (Wildman–Crippen LogP) is 2.80. The van der Waals surface area contributed by atoms with Crippen LogP contribution < -0.4 is 11.1 Å². The first-order valence-corrected chi connectivity index (χ1v) is 9.71. The molecule has 27 heavy (non-hydrogen) atoms. The third-order valence-electron chi connectivity index (χ3n) is 4.32. The molecule has 0 saturated carbocycles. The van der Waals surface area contributed by atoms with Gasteiger partial charge in [0.05, 0.1) is 11.4 Å². The fourth-order valence-electron chi connectivity index (χ4n) is 2.97. The minimum absolute atomic E-state index is 0.0538. The quantitative estimate of drug-likeness (QED) is 0.694. The number of nitrogens with two attached hydrogens (primary N) is 1. The molecule has 1 aromatic carbocycles. The summed E-state index contributed by atoms with van der Waals surface area (Å²) in [4.78, 5) is 23.1. The van der Waals surface area contributed by atoms with Crippen molar-refractivity contribution >= 4 is 46.2 Å². The van der Waals surface area contributed by atoms with Crippen LogP contribution >= 0.6 is 23.4 Å². The number of carbonyl (C=O) groups excluding carboxylic acids is 1. The number of urea groups is 1. The Morgan fingerprint density at radius 2 is 2.22 bits per heavy atom. The molecule has 0 atom stereocenters. The van der Waals surface area contributed by atoms with E-state index in [1.54, 1.807) is 4.90 Å². The molecule has 0 bridgehead atoms. The number of carbonyl (C=O) groups is 1. The number of nitrogens with one attached hydrogen (secondary N) is 1. The van der Waals surface area contributed by atoms with E-state index in [0.29, 0.717) is 36.1 Å². The molecule has 8 nitrogen and oxygen atoms in total. The molecule has 0 radical (unpaired) electrons. The number of aromatic nitrogens is 4. The number of hydrogen-bond acceptors (Lipinski definition) is 6. The van der Waals surface area contributed by atoms with Crippen molar-refractivity contribution in [1.29, 1.82) is 0 Å². The summed E-state index contributed by atoms with van der Waals surface area (Å²) in [5, 5.41) is 9.64. The first-order chi connectivity index (χ1) is 13.1. The molecule has 2 amide bonds. The van der Waals surface area contributed by atoms with Gasteiger partial charge in [-0.2, -0.15) is 5.10 Å². The number of likely N-dealkylation sites (tertiary alicyclic amines) is 1. The molecule has 0 unspecified atom stereocenters. The van der Waals surface area contributed by atoms with Gasteiger partial charge in [0, 0.05) is 29.6 Å². The lowest BCUT2D eigenvalue weighted by atomic mass is 10.1. The monoisotopic (exact) mass is 403 g/mol. The highest BCUT2D eigenvalue weighted by Crippen LogP contribution is 2.37. The zero-order valence-corrected chi connectivity index (χ0v) is 16.2. The Hall–Kier alpha value is -2.52. The van der Waals surface area contributed by atoms with E-state index < -0.39 is 0 Å². The molecule has 1 fully saturated rings. The number of nitrogen functional groups attached to an aromatic ring is 1. The minimum atomic E-state index is -0.0622. The van der Waals surface area contributed by atoms with E-state index >= 15 is 0 Å². The van der Waals surface area contributed by atoms with E-state index in [-0.39, 0.29) is 12.1 Å².